The van der Waals surface area contributed by atoms with Gasteiger partial charge < -0.3 is 28.3 Å². The van der Waals surface area contributed by atoms with E-state index in [1.807, 2.05) is 0 Å². The van der Waals surface area contributed by atoms with Crippen LogP contribution in [0.5, 0.6) is 0 Å². The van der Waals surface area contributed by atoms with Crippen LogP contribution >= 0.6 is 15.9 Å². The predicted octanol–water partition coefficient (Wildman–Crippen LogP) is 5.96. The molecule has 2 heterocycles. The first-order valence-electron chi connectivity index (χ1n) is 13.0. The zero-order valence-electron chi connectivity index (χ0n) is 24.2. The molecule has 11 nitrogen and oxygen atoms in total. The fourth-order valence-corrected chi connectivity index (χ4v) is 4.67. The number of esters is 4. The molecule has 0 N–H and O–H groups in total. The van der Waals surface area contributed by atoms with E-state index >= 15 is 0 Å². The Labute approximate surface area is 261 Å². The summed E-state index contributed by atoms with van der Waals surface area (Å²) in [6.07, 6.45) is 0.971. The van der Waals surface area contributed by atoms with Gasteiger partial charge in [0, 0.05) is 21.9 Å². The summed E-state index contributed by atoms with van der Waals surface area (Å²) in [5, 5.41) is 0. The second-order valence-corrected chi connectivity index (χ2v) is 9.85. The predicted molar refractivity (Wildman–Crippen MR) is 163 cm³/mol. The summed E-state index contributed by atoms with van der Waals surface area (Å²) in [7, 11) is 4.65. The highest BCUT2D eigenvalue weighted by Gasteiger charge is 2.38. The first-order valence-corrected chi connectivity index (χ1v) is 13.8. The van der Waals surface area contributed by atoms with Gasteiger partial charge in [0.05, 0.1) is 51.8 Å². The van der Waals surface area contributed by atoms with Gasteiger partial charge in [-0.3, -0.25) is 9.78 Å². The molecular formula is C32H27BrN2O9. The number of anilines is 2. The molecule has 0 bridgehead atoms. The van der Waals surface area contributed by atoms with Gasteiger partial charge in [-0.25, -0.2) is 14.4 Å². The molecule has 0 amide bonds. The van der Waals surface area contributed by atoms with Gasteiger partial charge in [0.15, 0.2) is 5.76 Å². The van der Waals surface area contributed by atoms with E-state index in [4.69, 9.17) is 23.4 Å². The Kier molecular flexibility index (Phi) is 10.3. The van der Waals surface area contributed by atoms with Crippen LogP contribution in [-0.2, 0) is 28.5 Å². The average Bonchev–Trinajstić information content (AvgIpc) is 3.46. The van der Waals surface area contributed by atoms with Crippen molar-refractivity contribution in [2.45, 2.75) is 6.42 Å². The first kappa shape index (κ1) is 31.7. The normalized spacial score (nSPS) is 11.2. The van der Waals surface area contributed by atoms with Crippen molar-refractivity contribution in [3.8, 4) is 11.3 Å². The van der Waals surface area contributed by atoms with Crippen LogP contribution in [-0.4, -0.2) is 57.3 Å². The third-order valence-corrected chi connectivity index (χ3v) is 6.91. The minimum Gasteiger partial charge on any atom is -0.469 e. The lowest BCUT2D eigenvalue weighted by Gasteiger charge is -2.30. The van der Waals surface area contributed by atoms with Crippen molar-refractivity contribution in [1.82, 2.24) is 4.98 Å². The maximum atomic E-state index is 13.5. The molecule has 0 fully saturated rings. The topological polar surface area (TPSA) is 134 Å². The summed E-state index contributed by atoms with van der Waals surface area (Å²) in [4.78, 5) is 58.7. The molecule has 0 radical (unpaired) electrons. The van der Waals surface area contributed by atoms with Crippen molar-refractivity contribution in [1.29, 1.82) is 0 Å². The van der Waals surface area contributed by atoms with Gasteiger partial charge in [0.2, 0.25) is 5.76 Å². The van der Waals surface area contributed by atoms with Crippen LogP contribution in [0.15, 0.2) is 93.5 Å². The van der Waals surface area contributed by atoms with Crippen LogP contribution < -0.4 is 4.90 Å². The van der Waals surface area contributed by atoms with E-state index in [0.29, 0.717) is 11.3 Å². The number of carbonyl (C=O) groups is 4. The van der Waals surface area contributed by atoms with E-state index in [1.54, 1.807) is 72.8 Å². The Balaban J connectivity index is 2.28. The Morgan fingerprint density at radius 3 is 2.02 bits per heavy atom. The largest absolute Gasteiger partial charge is 0.469 e. The molecule has 0 aliphatic rings. The fourth-order valence-electron chi connectivity index (χ4n) is 4.41. The summed E-state index contributed by atoms with van der Waals surface area (Å²) in [6, 6.07) is 20.5. The number of aromatic nitrogens is 1. The van der Waals surface area contributed by atoms with Crippen LogP contribution in [0.25, 0.3) is 17.0 Å². The van der Waals surface area contributed by atoms with E-state index in [2.05, 4.69) is 20.9 Å². The highest BCUT2D eigenvalue weighted by molar-refractivity contribution is 9.10. The number of hydrogen-bond donors (Lipinski definition) is 0. The van der Waals surface area contributed by atoms with Crippen LogP contribution in [0.4, 0.5) is 11.4 Å². The number of benzene rings is 2. The molecule has 0 aliphatic carbocycles. The van der Waals surface area contributed by atoms with Crippen molar-refractivity contribution in [3.63, 3.8) is 0 Å². The lowest BCUT2D eigenvalue weighted by Crippen LogP contribution is -2.25. The van der Waals surface area contributed by atoms with Gasteiger partial charge in [-0.05, 0) is 36.4 Å². The molecule has 12 heteroatoms. The number of nitrogens with zero attached hydrogens (tertiary/aromatic N) is 2. The van der Waals surface area contributed by atoms with Crippen LogP contribution in [0.1, 0.15) is 33.0 Å². The number of hydrogen-bond acceptors (Lipinski definition) is 11. The zero-order chi connectivity index (χ0) is 31.8. The zero-order valence-corrected chi connectivity index (χ0v) is 25.7. The number of furan rings is 1. The summed E-state index contributed by atoms with van der Waals surface area (Å²) in [5.41, 5.74) is 0.696. The molecule has 0 saturated heterocycles. The van der Waals surface area contributed by atoms with Crippen LogP contribution in [0, 0.1) is 0 Å². The highest BCUT2D eigenvalue weighted by Crippen LogP contribution is 2.47. The minimum atomic E-state index is -0.950. The third kappa shape index (κ3) is 6.55. The van der Waals surface area contributed by atoms with Crippen molar-refractivity contribution < 1.29 is 42.5 Å². The molecule has 2 aromatic heterocycles. The van der Waals surface area contributed by atoms with E-state index < -0.39 is 36.1 Å². The fraction of sp³-hybridized carbons (Fsp3) is 0.156. The Morgan fingerprint density at radius 1 is 0.795 bits per heavy atom. The average molecular weight is 663 g/mol. The molecule has 226 valence electrons. The summed E-state index contributed by atoms with van der Waals surface area (Å²) < 4.78 is 27.0. The smallest absolute Gasteiger partial charge is 0.374 e. The summed E-state index contributed by atoms with van der Waals surface area (Å²) in [6.45, 7) is 0. The maximum Gasteiger partial charge on any atom is 0.374 e. The van der Waals surface area contributed by atoms with Crippen molar-refractivity contribution in [2.24, 2.45) is 0 Å². The standard InChI is InChI=1S/C32H27BrN2O9/c1-40-24(36)18-22(30(37)41-2)26(23-12-8-9-17-34-23)35(21-10-6-5-7-11-21)27-25(31(38)42-3)29(32(39)43-4)44-28(27)19-13-15-20(33)16-14-19/h5-17H,18H2,1-4H3/b26-22+. The lowest BCUT2D eigenvalue weighted by molar-refractivity contribution is -0.143. The van der Waals surface area contributed by atoms with E-state index in [9.17, 15) is 19.2 Å². The molecule has 0 unspecified atom stereocenters. The van der Waals surface area contributed by atoms with Crippen LogP contribution in [0.2, 0.25) is 0 Å². The Bertz CT molecular complexity index is 1700. The van der Waals surface area contributed by atoms with Gasteiger partial charge in [0.1, 0.15) is 11.3 Å². The van der Waals surface area contributed by atoms with E-state index in [0.717, 1.165) is 18.7 Å². The number of para-hydroxylation sites is 1. The van der Waals surface area contributed by atoms with Gasteiger partial charge in [-0.15, -0.1) is 0 Å². The van der Waals surface area contributed by atoms with Gasteiger partial charge in [-0.2, -0.15) is 0 Å². The lowest BCUT2D eigenvalue weighted by atomic mass is 10.0. The number of pyridine rings is 1. The number of rotatable bonds is 10. The van der Waals surface area contributed by atoms with E-state index in [-0.39, 0.29) is 34.0 Å². The van der Waals surface area contributed by atoms with Crippen molar-refractivity contribution in [3.05, 3.63) is 106 Å². The summed E-state index contributed by atoms with van der Waals surface area (Å²) >= 11 is 3.42. The quantitative estimate of drug-likeness (QED) is 0.113. The molecule has 4 rings (SSSR count). The summed E-state index contributed by atoms with van der Waals surface area (Å²) in [5.74, 6) is -3.87. The van der Waals surface area contributed by atoms with Gasteiger partial charge in [0.25, 0.3) is 0 Å². The third-order valence-electron chi connectivity index (χ3n) is 6.39. The molecule has 2 aromatic carbocycles. The minimum absolute atomic E-state index is 0.0118. The van der Waals surface area contributed by atoms with Crippen molar-refractivity contribution in [2.75, 3.05) is 33.3 Å². The molecule has 4 aromatic rings. The molecule has 0 saturated carbocycles. The van der Waals surface area contributed by atoms with Crippen LogP contribution in [0.3, 0.4) is 0 Å². The molecule has 44 heavy (non-hydrogen) atoms. The number of halogens is 1. The number of methoxy groups -OCH3 is 4. The molecule has 0 aliphatic heterocycles. The first-order chi connectivity index (χ1) is 21.2. The number of ether oxygens (including phenoxy) is 4. The molecule has 0 spiro atoms. The highest BCUT2D eigenvalue weighted by atomic mass is 79.9. The Hall–Kier alpha value is -5.23. The maximum absolute atomic E-state index is 13.5. The van der Waals surface area contributed by atoms with E-state index in [1.165, 1.54) is 25.3 Å². The van der Waals surface area contributed by atoms with Gasteiger partial charge in [-0.1, -0.05) is 52.3 Å². The monoisotopic (exact) mass is 662 g/mol. The second-order valence-electron chi connectivity index (χ2n) is 8.93. The van der Waals surface area contributed by atoms with Gasteiger partial charge >= 0.3 is 23.9 Å². The Morgan fingerprint density at radius 2 is 1.45 bits per heavy atom. The number of carbonyl (C=O) groups excluding carboxylic acids is 4. The second kappa shape index (κ2) is 14.3. The molecule has 0 atom stereocenters. The molecular weight excluding hydrogens is 636 g/mol. The SMILES string of the molecule is COC(=O)C/C(C(=O)OC)=C(/c1ccccn1)N(c1ccccc1)c1c(-c2ccc(Br)cc2)oc(C(=O)OC)c1C(=O)OC. The van der Waals surface area contributed by atoms with Crippen molar-refractivity contribution >= 4 is 56.9 Å².